The Bertz CT molecular complexity index is 1230. The summed E-state index contributed by atoms with van der Waals surface area (Å²) in [6, 6.07) is 9.18. The van der Waals surface area contributed by atoms with Crippen molar-refractivity contribution >= 4 is 10.9 Å². The topological polar surface area (TPSA) is 55.7 Å². The molecule has 0 atom stereocenters. The van der Waals surface area contributed by atoms with Gasteiger partial charge in [0.2, 0.25) is 0 Å². The Hall–Kier alpha value is -3.36. The zero-order chi connectivity index (χ0) is 20.2. The highest BCUT2D eigenvalue weighted by Crippen LogP contribution is 2.40. The van der Waals surface area contributed by atoms with Crippen molar-refractivity contribution in [2.24, 2.45) is 0 Å². The Morgan fingerprint density at radius 3 is 2.72 bits per heavy atom. The van der Waals surface area contributed by atoms with Gasteiger partial charge in [-0.05, 0) is 48.7 Å². The molecule has 1 aliphatic heterocycles. The van der Waals surface area contributed by atoms with E-state index in [1.165, 1.54) is 6.07 Å². The number of fused-ring (bicyclic) bond motifs is 2. The molecule has 0 radical (unpaired) electrons. The van der Waals surface area contributed by atoms with Gasteiger partial charge < -0.3 is 4.74 Å². The van der Waals surface area contributed by atoms with E-state index in [1.807, 2.05) is 22.9 Å². The average Bonchev–Trinajstić information content (AvgIpc) is 3.36. The largest absolute Gasteiger partial charge is 0.573 e. The van der Waals surface area contributed by atoms with Gasteiger partial charge in [0.15, 0.2) is 11.6 Å². The zero-order valence-corrected chi connectivity index (χ0v) is 14.9. The monoisotopic (exact) mass is 402 g/mol. The molecular weight excluding hydrogens is 388 g/mol. The van der Waals surface area contributed by atoms with E-state index in [0.29, 0.717) is 11.3 Å². The van der Waals surface area contributed by atoms with E-state index in [2.05, 4.69) is 20.0 Å². The summed E-state index contributed by atoms with van der Waals surface area (Å²) >= 11 is 0. The Kier molecular flexibility index (Phi) is 3.87. The first kappa shape index (κ1) is 17.7. The average molecular weight is 402 g/mol. The van der Waals surface area contributed by atoms with Crippen molar-refractivity contribution in [3.63, 3.8) is 0 Å². The van der Waals surface area contributed by atoms with Gasteiger partial charge in [-0.2, -0.15) is 10.2 Å². The van der Waals surface area contributed by atoms with Crippen molar-refractivity contribution in [1.29, 1.82) is 0 Å². The maximum Gasteiger partial charge on any atom is 0.573 e. The van der Waals surface area contributed by atoms with Crippen LogP contribution in [0.25, 0.3) is 33.3 Å². The van der Waals surface area contributed by atoms with Crippen LogP contribution in [0.3, 0.4) is 0 Å². The number of alkyl halides is 3. The first-order chi connectivity index (χ1) is 13.9. The van der Waals surface area contributed by atoms with E-state index in [4.69, 9.17) is 0 Å². The number of ether oxygens (including phenoxy) is 1. The van der Waals surface area contributed by atoms with Gasteiger partial charge in [0.05, 0.1) is 11.7 Å². The summed E-state index contributed by atoms with van der Waals surface area (Å²) in [7, 11) is 0. The molecule has 0 amide bonds. The summed E-state index contributed by atoms with van der Waals surface area (Å²) in [5.74, 6) is -1.96. The number of rotatable bonds is 3. The number of halogens is 4. The van der Waals surface area contributed by atoms with Crippen molar-refractivity contribution in [2.45, 2.75) is 25.7 Å². The van der Waals surface area contributed by atoms with Gasteiger partial charge in [-0.3, -0.25) is 9.78 Å². The van der Waals surface area contributed by atoms with Crippen molar-refractivity contribution < 1.29 is 22.3 Å². The minimum Gasteiger partial charge on any atom is -0.403 e. The molecule has 9 heteroatoms. The molecule has 0 bridgehead atoms. The Morgan fingerprint density at radius 1 is 1.07 bits per heavy atom. The van der Waals surface area contributed by atoms with Crippen molar-refractivity contribution in [2.75, 3.05) is 0 Å². The number of aryl methyl sites for hydroxylation is 1. The maximum atomic E-state index is 13.9. The summed E-state index contributed by atoms with van der Waals surface area (Å²) in [6.07, 6.45) is -1.53. The molecule has 0 unspecified atom stereocenters. The molecule has 0 saturated carbocycles. The van der Waals surface area contributed by atoms with Crippen LogP contribution >= 0.6 is 0 Å². The predicted molar refractivity (Wildman–Crippen MR) is 97.7 cm³/mol. The molecular formula is C20H14F4N4O. The lowest BCUT2D eigenvalue weighted by Crippen LogP contribution is -2.18. The quantitative estimate of drug-likeness (QED) is 0.487. The van der Waals surface area contributed by atoms with Crippen molar-refractivity contribution in [3.05, 3.63) is 54.1 Å². The second kappa shape index (κ2) is 6.33. The van der Waals surface area contributed by atoms with E-state index in [0.717, 1.165) is 59.2 Å². The SMILES string of the molecule is Fc1ccc(-c2nn3c(c2-c2ccc4[nH]ncc4c2)CCC3)cc1OC(F)(F)F. The van der Waals surface area contributed by atoms with Crippen molar-refractivity contribution in [1.82, 2.24) is 20.0 Å². The highest BCUT2D eigenvalue weighted by atomic mass is 19.4. The normalized spacial score (nSPS) is 13.8. The van der Waals surface area contributed by atoms with Crippen LogP contribution in [0.1, 0.15) is 12.1 Å². The Balaban J connectivity index is 1.68. The third kappa shape index (κ3) is 3.12. The van der Waals surface area contributed by atoms with E-state index >= 15 is 0 Å². The molecule has 148 valence electrons. The third-order valence-corrected chi connectivity index (χ3v) is 5.00. The highest BCUT2D eigenvalue weighted by Gasteiger charge is 2.33. The molecule has 4 aromatic rings. The fourth-order valence-electron chi connectivity index (χ4n) is 3.79. The number of nitrogens with one attached hydrogen (secondary N) is 1. The minimum absolute atomic E-state index is 0.356. The van der Waals surface area contributed by atoms with Crippen LogP contribution in [0.2, 0.25) is 0 Å². The van der Waals surface area contributed by atoms with Gasteiger partial charge in [-0.1, -0.05) is 6.07 Å². The van der Waals surface area contributed by atoms with E-state index < -0.39 is 17.9 Å². The lowest BCUT2D eigenvalue weighted by molar-refractivity contribution is -0.275. The predicted octanol–water partition coefficient (Wildman–Crippen LogP) is 5.08. The van der Waals surface area contributed by atoms with Gasteiger partial charge in [0.25, 0.3) is 0 Å². The van der Waals surface area contributed by atoms with Crippen LogP contribution in [0, 0.1) is 5.82 Å². The molecule has 5 rings (SSSR count). The van der Waals surface area contributed by atoms with Crippen LogP contribution in [-0.4, -0.2) is 26.3 Å². The Labute approximate surface area is 161 Å². The Morgan fingerprint density at radius 2 is 1.90 bits per heavy atom. The summed E-state index contributed by atoms with van der Waals surface area (Å²) < 4.78 is 57.5. The maximum absolute atomic E-state index is 13.9. The first-order valence-corrected chi connectivity index (χ1v) is 8.98. The molecule has 3 heterocycles. The molecule has 1 N–H and O–H groups in total. The second-order valence-electron chi connectivity index (χ2n) is 6.86. The van der Waals surface area contributed by atoms with Gasteiger partial charge in [0, 0.05) is 28.8 Å². The molecule has 1 aliphatic rings. The molecule has 0 aliphatic carbocycles. The number of nitrogens with zero attached hydrogens (tertiary/aromatic N) is 3. The van der Waals surface area contributed by atoms with Crippen LogP contribution in [-0.2, 0) is 13.0 Å². The number of hydrogen-bond donors (Lipinski definition) is 1. The lowest BCUT2D eigenvalue weighted by Gasteiger charge is -2.11. The van der Waals surface area contributed by atoms with Gasteiger partial charge in [0.1, 0.15) is 5.69 Å². The van der Waals surface area contributed by atoms with E-state index in [1.54, 1.807) is 6.20 Å². The highest BCUT2D eigenvalue weighted by molar-refractivity contribution is 5.89. The summed E-state index contributed by atoms with van der Waals surface area (Å²) in [5, 5.41) is 12.4. The second-order valence-corrected chi connectivity index (χ2v) is 6.86. The number of aromatic amines is 1. The molecule has 2 aromatic heterocycles. The fraction of sp³-hybridized carbons (Fsp3) is 0.200. The molecule has 29 heavy (non-hydrogen) atoms. The van der Waals surface area contributed by atoms with Gasteiger partial charge in [-0.15, -0.1) is 13.2 Å². The zero-order valence-electron chi connectivity index (χ0n) is 14.9. The lowest BCUT2D eigenvalue weighted by atomic mass is 9.97. The summed E-state index contributed by atoms with van der Waals surface area (Å²) in [4.78, 5) is 0. The molecule has 2 aromatic carbocycles. The molecule has 0 saturated heterocycles. The smallest absolute Gasteiger partial charge is 0.403 e. The number of benzene rings is 2. The van der Waals surface area contributed by atoms with Crippen LogP contribution in [0.5, 0.6) is 5.75 Å². The first-order valence-electron chi connectivity index (χ1n) is 8.98. The third-order valence-electron chi connectivity index (χ3n) is 5.00. The number of aromatic nitrogens is 4. The number of H-pyrrole nitrogens is 1. The molecule has 0 spiro atoms. The number of hydrogen-bond acceptors (Lipinski definition) is 3. The van der Waals surface area contributed by atoms with Crippen LogP contribution in [0.4, 0.5) is 17.6 Å². The van der Waals surface area contributed by atoms with Gasteiger partial charge >= 0.3 is 6.36 Å². The van der Waals surface area contributed by atoms with E-state index in [9.17, 15) is 17.6 Å². The standard InChI is InChI=1S/C20H14F4N4O/c21-14-5-3-12(9-17(14)29-20(22,23)24)19-18(16-2-1-7-28(16)27-19)11-4-6-15-13(8-11)10-25-26-15/h3-6,8-10H,1-2,7H2,(H,25,26). The fourth-order valence-corrected chi connectivity index (χ4v) is 3.79. The summed E-state index contributed by atoms with van der Waals surface area (Å²) in [6.45, 7) is 0.726. The van der Waals surface area contributed by atoms with Crippen LogP contribution in [0.15, 0.2) is 42.6 Å². The van der Waals surface area contributed by atoms with Gasteiger partial charge in [-0.25, -0.2) is 4.39 Å². The minimum atomic E-state index is -4.98. The van der Waals surface area contributed by atoms with E-state index in [-0.39, 0.29) is 0 Å². The van der Waals surface area contributed by atoms with Crippen molar-refractivity contribution in [3.8, 4) is 28.1 Å². The molecule has 0 fully saturated rings. The summed E-state index contributed by atoms with van der Waals surface area (Å²) in [5.41, 5.74) is 4.44. The molecule has 5 nitrogen and oxygen atoms in total. The van der Waals surface area contributed by atoms with Crippen LogP contribution < -0.4 is 4.74 Å².